The zero-order valence-electron chi connectivity index (χ0n) is 15.8. The van der Waals surface area contributed by atoms with Gasteiger partial charge in [-0.05, 0) is 25.0 Å². The smallest absolute Gasteiger partial charge is 0.417 e. The second-order valence-corrected chi connectivity index (χ2v) is 9.44. The highest BCUT2D eigenvalue weighted by Crippen LogP contribution is 2.38. The molecule has 0 aromatic heterocycles. The molecule has 1 aromatic carbocycles. The maximum Gasteiger partial charge on any atom is 0.417 e. The Bertz CT molecular complexity index is 1010. The molecule has 3 rings (SSSR count). The number of ether oxygens (including phenoxy) is 1. The minimum Gasteiger partial charge on any atom is -0.425 e. The van der Waals surface area contributed by atoms with E-state index in [9.17, 15) is 31.2 Å². The minimum absolute atomic E-state index is 0.388. The van der Waals surface area contributed by atoms with Crippen molar-refractivity contribution in [2.75, 3.05) is 6.54 Å². The zero-order valence-corrected chi connectivity index (χ0v) is 16.6. The summed E-state index contributed by atoms with van der Waals surface area (Å²) < 4.78 is 70.9. The highest BCUT2D eigenvalue weighted by atomic mass is 32.2. The normalized spacial score (nSPS) is 22.8. The molecule has 0 bridgehead atoms. The van der Waals surface area contributed by atoms with E-state index in [1.807, 2.05) is 6.07 Å². The summed E-state index contributed by atoms with van der Waals surface area (Å²) in [7, 11) is -4.49. The van der Waals surface area contributed by atoms with E-state index in [2.05, 4.69) is 5.32 Å². The van der Waals surface area contributed by atoms with Gasteiger partial charge in [-0.15, -0.1) is 0 Å². The molecule has 30 heavy (non-hydrogen) atoms. The number of rotatable bonds is 4. The zero-order chi connectivity index (χ0) is 22.3. The number of carbonyl (C=O) groups excluding carboxylic acids is 2. The standard InChI is InChI=1S/C18H18F3N3O5S/c1-11(25)24-9-12(8-15(24)29-16(26)23-17(10-22)6-7-17)30(27,28)14-5-3-2-4-13(14)18(19,20)21/h2-5,12,15H,6-9H2,1H3,(H,23,26)/t12-,15+/m1/s1. The number of nitrogens with zero attached hydrogens (tertiary/aromatic N) is 2. The van der Waals surface area contributed by atoms with E-state index in [0.29, 0.717) is 18.9 Å². The Balaban J connectivity index is 1.83. The Morgan fingerprint density at radius 3 is 2.47 bits per heavy atom. The van der Waals surface area contributed by atoms with Crippen LogP contribution in [-0.4, -0.2) is 48.9 Å². The molecule has 1 saturated heterocycles. The van der Waals surface area contributed by atoms with Crippen LogP contribution in [-0.2, 0) is 25.5 Å². The predicted molar refractivity (Wildman–Crippen MR) is 95.4 cm³/mol. The first kappa shape index (κ1) is 21.9. The van der Waals surface area contributed by atoms with Crippen molar-refractivity contribution < 1.29 is 35.9 Å². The molecule has 0 radical (unpaired) electrons. The van der Waals surface area contributed by atoms with Gasteiger partial charge in [-0.25, -0.2) is 13.2 Å². The molecule has 8 nitrogen and oxygen atoms in total. The molecule has 12 heteroatoms. The molecule has 1 saturated carbocycles. The van der Waals surface area contributed by atoms with Gasteiger partial charge in [0.25, 0.3) is 0 Å². The highest BCUT2D eigenvalue weighted by molar-refractivity contribution is 7.92. The second kappa shape index (κ2) is 7.46. The molecule has 2 atom stereocenters. The number of halogens is 3. The predicted octanol–water partition coefficient (Wildman–Crippen LogP) is 2.21. The lowest BCUT2D eigenvalue weighted by molar-refractivity contribution is -0.140. The van der Waals surface area contributed by atoms with Crippen LogP contribution in [0.25, 0.3) is 0 Å². The third kappa shape index (κ3) is 4.21. The lowest BCUT2D eigenvalue weighted by atomic mass is 10.2. The van der Waals surface area contributed by atoms with Crippen LogP contribution in [0.4, 0.5) is 18.0 Å². The lowest BCUT2D eigenvalue weighted by Crippen LogP contribution is -2.42. The fourth-order valence-corrected chi connectivity index (χ4v) is 5.19. The Morgan fingerprint density at radius 1 is 1.30 bits per heavy atom. The fraction of sp³-hybridized carbons (Fsp3) is 0.500. The van der Waals surface area contributed by atoms with Crippen LogP contribution in [0, 0.1) is 11.3 Å². The molecule has 0 spiro atoms. The first-order chi connectivity index (χ1) is 13.9. The summed E-state index contributed by atoms with van der Waals surface area (Å²) in [4.78, 5) is 24.1. The highest BCUT2D eigenvalue weighted by Gasteiger charge is 2.48. The van der Waals surface area contributed by atoms with Crippen LogP contribution in [0.5, 0.6) is 0 Å². The van der Waals surface area contributed by atoms with Gasteiger partial charge < -0.3 is 15.0 Å². The van der Waals surface area contributed by atoms with Crippen molar-refractivity contribution in [2.45, 2.75) is 54.3 Å². The van der Waals surface area contributed by atoms with Crippen molar-refractivity contribution in [3.8, 4) is 6.07 Å². The summed E-state index contributed by atoms with van der Waals surface area (Å²) in [5.74, 6) is -0.601. The number of hydrogen-bond acceptors (Lipinski definition) is 6. The first-order valence-electron chi connectivity index (χ1n) is 8.97. The molecule has 1 aliphatic carbocycles. The third-order valence-electron chi connectivity index (χ3n) is 5.10. The average molecular weight is 445 g/mol. The van der Waals surface area contributed by atoms with Crippen LogP contribution >= 0.6 is 0 Å². The molecule has 162 valence electrons. The number of alkyl halides is 3. The van der Waals surface area contributed by atoms with E-state index in [1.54, 1.807) is 0 Å². The van der Waals surface area contributed by atoms with E-state index in [0.717, 1.165) is 24.0 Å². The Kier molecular flexibility index (Phi) is 5.44. The van der Waals surface area contributed by atoms with Gasteiger partial charge in [0.1, 0.15) is 5.54 Å². The van der Waals surface area contributed by atoms with Crippen molar-refractivity contribution in [3.63, 3.8) is 0 Å². The number of nitrogens with one attached hydrogen (secondary N) is 1. The van der Waals surface area contributed by atoms with Gasteiger partial charge in [-0.2, -0.15) is 18.4 Å². The SMILES string of the molecule is CC(=O)N1C[C@H](S(=O)(=O)c2ccccc2C(F)(F)F)C[C@@H]1OC(=O)NC1(C#N)CC1. The average Bonchev–Trinajstić information content (AvgIpc) is 3.29. The van der Waals surface area contributed by atoms with Crippen molar-refractivity contribution in [1.82, 2.24) is 10.2 Å². The molecule has 1 aromatic rings. The van der Waals surface area contributed by atoms with Crippen molar-refractivity contribution >= 4 is 21.8 Å². The summed E-state index contributed by atoms with van der Waals surface area (Å²) in [6.07, 6.45) is -6.68. The van der Waals surface area contributed by atoms with Crippen molar-refractivity contribution in [1.29, 1.82) is 5.26 Å². The number of carbonyl (C=O) groups is 2. The first-order valence-corrected chi connectivity index (χ1v) is 10.5. The minimum atomic E-state index is -4.88. The van der Waals surface area contributed by atoms with Gasteiger partial charge in [0, 0.05) is 19.9 Å². The molecule has 0 unspecified atom stereocenters. The number of sulfone groups is 1. The molecule has 2 aliphatic rings. The van der Waals surface area contributed by atoms with Crippen molar-refractivity contribution in [3.05, 3.63) is 29.8 Å². The number of benzene rings is 1. The van der Waals surface area contributed by atoms with Crippen LogP contribution in [0.1, 0.15) is 31.7 Å². The van der Waals surface area contributed by atoms with Crippen LogP contribution < -0.4 is 5.32 Å². The number of nitriles is 1. The summed E-state index contributed by atoms with van der Waals surface area (Å²) in [5, 5.41) is 9.98. The largest absolute Gasteiger partial charge is 0.425 e. The van der Waals surface area contributed by atoms with Gasteiger partial charge in [0.15, 0.2) is 16.1 Å². The van der Waals surface area contributed by atoms with Crippen molar-refractivity contribution in [2.24, 2.45) is 0 Å². The van der Waals surface area contributed by atoms with Gasteiger partial charge in [-0.3, -0.25) is 4.79 Å². The van der Waals surface area contributed by atoms with E-state index >= 15 is 0 Å². The summed E-state index contributed by atoms with van der Waals surface area (Å²) in [6.45, 7) is 0.704. The fourth-order valence-electron chi connectivity index (χ4n) is 3.30. The molecule has 1 heterocycles. The molecule has 2 amide bonds. The number of likely N-dealkylation sites (tertiary alicyclic amines) is 1. The monoisotopic (exact) mass is 445 g/mol. The Morgan fingerprint density at radius 2 is 1.93 bits per heavy atom. The Hall–Kier alpha value is -2.81. The summed E-state index contributed by atoms with van der Waals surface area (Å²) >= 11 is 0. The topological polar surface area (TPSA) is 117 Å². The van der Waals surface area contributed by atoms with Gasteiger partial charge in [-0.1, -0.05) is 12.1 Å². The van der Waals surface area contributed by atoms with Gasteiger partial charge in [0.05, 0.1) is 21.8 Å². The Labute approximate surface area is 170 Å². The molecule has 2 fully saturated rings. The summed E-state index contributed by atoms with van der Waals surface area (Å²) in [6, 6.07) is 5.71. The van der Waals surface area contributed by atoms with Crippen LogP contribution in [0.15, 0.2) is 29.2 Å². The lowest BCUT2D eigenvalue weighted by Gasteiger charge is -2.23. The number of amides is 2. The molecule has 1 N–H and O–H groups in total. The van der Waals surface area contributed by atoms with E-state index < -0.39 is 62.0 Å². The third-order valence-corrected chi connectivity index (χ3v) is 7.29. The second-order valence-electron chi connectivity index (χ2n) is 7.25. The number of hydrogen-bond donors (Lipinski definition) is 1. The molecular formula is C18H18F3N3O5S. The van der Waals surface area contributed by atoms with E-state index in [4.69, 9.17) is 10.00 Å². The van der Waals surface area contributed by atoms with E-state index in [1.165, 1.54) is 6.07 Å². The van der Waals surface area contributed by atoms with Gasteiger partial charge in [0.2, 0.25) is 5.91 Å². The maximum atomic E-state index is 13.3. The summed E-state index contributed by atoms with van der Waals surface area (Å²) in [5.41, 5.74) is -2.33. The molecule has 1 aliphatic heterocycles. The van der Waals surface area contributed by atoms with Crippen LogP contribution in [0.2, 0.25) is 0 Å². The maximum absolute atomic E-state index is 13.3. The quantitative estimate of drug-likeness (QED) is 0.760. The van der Waals surface area contributed by atoms with Gasteiger partial charge >= 0.3 is 12.3 Å². The van der Waals surface area contributed by atoms with E-state index in [-0.39, 0.29) is 6.42 Å². The number of alkyl carbamates (subject to hydrolysis) is 1. The molecular weight excluding hydrogens is 427 g/mol. The van der Waals surface area contributed by atoms with Crippen LogP contribution in [0.3, 0.4) is 0 Å².